The Morgan fingerprint density at radius 1 is 1.05 bits per heavy atom. The zero-order valence-corrected chi connectivity index (χ0v) is 16.0. The van der Waals surface area contributed by atoms with Crippen molar-refractivity contribution in [3.05, 3.63) is 29.3 Å². The van der Waals surface area contributed by atoms with Crippen molar-refractivity contribution >= 4 is 10.1 Å². The topological polar surface area (TPSA) is 43.4 Å². The predicted molar refractivity (Wildman–Crippen MR) is 91.8 cm³/mol. The zero-order valence-electron chi connectivity index (χ0n) is 15.1. The summed E-state index contributed by atoms with van der Waals surface area (Å²) in [7, 11) is -3.76. The molecule has 0 atom stereocenters. The van der Waals surface area contributed by atoms with Gasteiger partial charge in [-0.1, -0.05) is 67.5 Å². The van der Waals surface area contributed by atoms with Gasteiger partial charge in [0, 0.05) is 0 Å². The maximum absolute atomic E-state index is 12.7. The van der Waals surface area contributed by atoms with Crippen LogP contribution in [-0.4, -0.2) is 15.0 Å². The normalized spacial score (nSPS) is 13.7. The van der Waals surface area contributed by atoms with Crippen molar-refractivity contribution in [1.82, 2.24) is 0 Å². The summed E-state index contributed by atoms with van der Waals surface area (Å²) in [4.78, 5) is 0.301. The Labute approximate surface area is 136 Å². The molecule has 1 aromatic carbocycles. The second kappa shape index (κ2) is 6.32. The van der Waals surface area contributed by atoms with Gasteiger partial charge < -0.3 is 0 Å². The fourth-order valence-corrected chi connectivity index (χ4v) is 3.60. The van der Waals surface area contributed by atoms with E-state index in [0.717, 1.165) is 11.1 Å². The quantitative estimate of drug-likeness (QED) is 0.742. The number of hydrogen-bond donors (Lipinski definition) is 0. The van der Waals surface area contributed by atoms with Crippen molar-refractivity contribution < 1.29 is 12.6 Å². The van der Waals surface area contributed by atoms with Gasteiger partial charge in [0.2, 0.25) is 0 Å². The SMILES string of the molecule is CC(C)c1ccc(C(C)(C)C)c(S(=O)(=O)OCC(C)(C)C)c1. The summed E-state index contributed by atoms with van der Waals surface area (Å²) in [6.45, 7) is 16.2. The van der Waals surface area contributed by atoms with Crippen molar-refractivity contribution in [2.45, 2.75) is 71.6 Å². The summed E-state index contributed by atoms with van der Waals surface area (Å²) in [6.07, 6.45) is 0. The molecule has 0 aromatic heterocycles. The van der Waals surface area contributed by atoms with Gasteiger partial charge in [-0.25, -0.2) is 0 Å². The molecule has 0 aliphatic heterocycles. The van der Waals surface area contributed by atoms with Crippen LogP contribution < -0.4 is 0 Å². The summed E-state index contributed by atoms with van der Waals surface area (Å²) in [5.41, 5.74) is 1.34. The van der Waals surface area contributed by atoms with Crippen LogP contribution in [0.25, 0.3) is 0 Å². The van der Waals surface area contributed by atoms with Crippen LogP contribution in [-0.2, 0) is 19.7 Å². The molecule has 126 valence electrons. The molecule has 0 radical (unpaired) electrons. The molecule has 22 heavy (non-hydrogen) atoms. The number of rotatable bonds is 4. The average molecular weight is 327 g/mol. The Morgan fingerprint density at radius 2 is 1.59 bits per heavy atom. The molecule has 0 saturated heterocycles. The Morgan fingerprint density at radius 3 is 2.00 bits per heavy atom. The zero-order chi connectivity index (χ0) is 17.3. The third-order valence-electron chi connectivity index (χ3n) is 3.40. The Balaban J connectivity index is 3.38. The molecule has 0 aliphatic rings. The summed E-state index contributed by atoms with van der Waals surface area (Å²) in [6, 6.07) is 5.69. The summed E-state index contributed by atoms with van der Waals surface area (Å²) in [5.74, 6) is 0.269. The van der Waals surface area contributed by atoms with E-state index in [4.69, 9.17) is 4.18 Å². The molecule has 0 unspecified atom stereocenters. The van der Waals surface area contributed by atoms with Gasteiger partial charge in [0.15, 0.2) is 0 Å². The van der Waals surface area contributed by atoms with Crippen LogP contribution >= 0.6 is 0 Å². The largest absolute Gasteiger partial charge is 0.297 e. The van der Waals surface area contributed by atoms with Crippen LogP contribution in [0.2, 0.25) is 0 Å². The second-order valence-corrected chi connectivity index (χ2v) is 10.0. The minimum atomic E-state index is -3.76. The first kappa shape index (κ1) is 19.2. The fourth-order valence-electron chi connectivity index (χ4n) is 2.04. The van der Waals surface area contributed by atoms with Gasteiger partial charge in [-0.3, -0.25) is 4.18 Å². The second-order valence-electron chi connectivity index (χ2n) is 8.44. The lowest BCUT2D eigenvalue weighted by Crippen LogP contribution is -2.22. The molecule has 0 N–H and O–H groups in total. The van der Waals surface area contributed by atoms with E-state index in [-0.39, 0.29) is 23.4 Å². The van der Waals surface area contributed by atoms with Crippen molar-refractivity contribution in [2.75, 3.05) is 6.61 Å². The van der Waals surface area contributed by atoms with Gasteiger partial charge in [0.1, 0.15) is 0 Å². The average Bonchev–Trinajstić information content (AvgIpc) is 2.34. The first-order valence-electron chi connectivity index (χ1n) is 7.78. The molecule has 3 nitrogen and oxygen atoms in total. The third kappa shape index (κ3) is 5.10. The predicted octanol–water partition coefficient (Wildman–Crippen LogP) is 4.86. The van der Waals surface area contributed by atoms with E-state index in [9.17, 15) is 8.42 Å². The molecule has 1 rings (SSSR count). The Bertz CT molecular complexity index is 615. The maximum atomic E-state index is 12.7. The molecule has 0 spiro atoms. The molecule has 0 amide bonds. The van der Waals surface area contributed by atoms with Crippen LogP contribution in [0.4, 0.5) is 0 Å². The molecule has 0 saturated carbocycles. The fraction of sp³-hybridized carbons (Fsp3) is 0.667. The smallest absolute Gasteiger partial charge is 0.266 e. The standard InChI is InChI=1S/C18H30O3S/c1-13(2)14-9-10-15(18(6,7)8)16(11-14)22(19,20)21-12-17(3,4)5/h9-11,13H,12H2,1-8H3. The third-order valence-corrected chi connectivity index (χ3v) is 4.70. The van der Waals surface area contributed by atoms with Gasteiger partial charge in [-0.15, -0.1) is 0 Å². The lowest BCUT2D eigenvalue weighted by molar-refractivity contribution is 0.203. The lowest BCUT2D eigenvalue weighted by Gasteiger charge is -2.25. The van der Waals surface area contributed by atoms with Crippen molar-refractivity contribution in [2.24, 2.45) is 5.41 Å². The number of hydrogen-bond acceptors (Lipinski definition) is 3. The Kier molecular flexibility index (Phi) is 5.51. The van der Waals surface area contributed by atoms with Crippen molar-refractivity contribution in [3.63, 3.8) is 0 Å². The molecular formula is C18H30O3S. The highest BCUT2D eigenvalue weighted by atomic mass is 32.2. The minimum absolute atomic E-state index is 0.171. The molecule has 0 heterocycles. The van der Waals surface area contributed by atoms with E-state index in [1.165, 1.54) is 0 Å². The highest BCUT2D eigenvalue weighted by Gasteiger charge is 2.28. The van der Waals surface area contributed by atoms with E-state index >= 15 is 0 Å². The minimum Gasteiger partial charge on any atom is -0.266 e. The van der Waals surface area contributed by atoms with E-state index in [0.29, 0.717) is 4.90 Å². The highest BCUT2D eigenvalue weighted by Crippen LogP contribution is 2.33. The van der Waals surface area contributed by atoms with Gasteiger partial charge in [-0.05, 0) is 33.9 Å². The van der Waals surface area contributed by atoms with Gasteiger partial charge in [-0.2, -0.15) is 8.42 Å². The van der Waals surface area contributed by atoms with Crippen LogP contribution in [0, 0.1) is 5.41 Å². The molecular weight excluding hydrogens is 296 g/mol. The van der Waals surface area contributed by atoms with Crippen LogP contribution in [0.1, 0.15) is 72.4 Å². The van der Waals surface area contributed by atoms with E-state index in [1.807, 2.05) is 53.7 Å². The molecule has 0 fully saturated rings. The van der Waals surface area contributed by atoms with E-state index in [2.05, 4.69) is 13.8 Å². The van der Waals surface area contributed by atoms with E-state index in [1.54, 1.807) is 6.07 Å². The van der Waals surface area contributed by atoms with Crippen molar-refractivity contribution in [1.29, 1.82) is 0 Å². The maximum Gasteiger partial charge on any atom is 0.297 e. The van der Waals surface area contributed by atoms with Gasteiger partial charge in [0.05, 0.1) is 11.5 Å². The lowest BCUT2D eigenvalue weighted by atomic mass is 9.86. The number of benzene rings is 1. The molecule has 0 bridgehead atoms. The van der Waals surface area contributed by atoms with Gasteiger partial charge in [0.25, 0.3) is 10.1 Å². The first-order chi connectivity index (χ1) is 9.74. The van der Waals surface area contributed by atoms with E-state index < -0.39 is 10.1 Å². The van der Waals surface area contributed by atoms with Crippen LogP contribution in [0.3, 0.4) is 0 Å². The highest BCUT2D eigenvalue weighted by molar-refractivity contribution is 7.86. The van der Waals surface area contributed by atoms with Gasteiger partial charge >= 0.3 is 0 Å². The first-order valence-corrected chi connectivity index (χ1v) is 9.19. The summed E-state index contributed by atoms with van der Waals surface area (Å²) >= 11 is 0. The molecule has 4 heteroatoms. The monoisotopic (exact) mass is 326 g/mol. The summed E-state index contributed by atoms with van der Waals surface area (Å²) < 4.78 is 30.7. The molecule has 0 aliphatic carbocycles. The van der Waals surface area contributed by atoms with Crippen LogP contribution in [0.5, 0.6) is 0 Å². The molecule has 1 aromatic rings. The van der Waals surface area contributed by atoms with Crippen molar-refractivity contribution in [3.8, 4) is 0 Å². The summed E-state index contributed by atoms with van der Waals surface area (Å²) in [5, 5.41) is 0. The van der Waals surface area contributed by atoms with Crippen LogP contribution in [0.15, 0.2) is 23.1 Å². The Hall–Kier alpha value is -0.870.